The van der Waals surface area contributed by atoms with Gasteiger partial charge in [0, 0.05) is 13.0 Å². The highest BCUT2D eigenvalue weighted by molar-refractivity contribution is 9.11. The Morgan fingerprint density at radius 1 is 1.00 bits per heavy atom. The molecule has 3 N–H and O–H groups in total. The monoisotopic (exact) mass is 582 g/mol. The van der Waals surface area contributed by atoms with Crippen LogP contribution in [0.2, 0.25) is 0 Å². The van der Waals surface area contributed by atoms with Crippen molar-refractivity contribution in [3.8, 4) is 0 Å². The molecule has 0 fully saturated rings. The van der Waals surface area contributed by atoms with Crippen molar-refractivity contribution in [2.45, 2.75) is 40.3 Å². The topological polar surface area (TPSA) is 130 Å². The van der Waals surface area contributed by atoms with Crippen molar-refractivity contribution < 1.29 is 26.7 Å². The number of carboxylic acid groups (broad SMARTS) is 1. The second-order valence-corrected chi connectivity index (χ2v) is 13.7. The van der Waals surface area contributed by atoms with Crippen LogP contribution >= 0.6 is 15.9 Å². The summed E-state index contributed by atoms with van der Waals surface area (Å²) in [4.78, 5) is 11.9. The van der Waals surface area contributed by atoms with E-state index in [1.165, 1.54) is 18.2 Å². The first-order chi connectivity index (χ1) is 16.5. The highest BCUT2D eigenvalue weighted by Crippen LogP contribution is 2.37. The van der Waals surface area contributed by atoms with Crippen LogP contribution in [0.25, 0.3) is 5.57 Å². The van der Waals surface area contributed by atoms with Gasteiger partial charge in [0.15, 0.2) is 3.66 Å². The molecule has 0 saturated heterocycles. The van der Waals surface area contributed by atoms with Gasteiger partial charge >= 0.3 is 5.97 Å². The Labute approximate surface area is 214 Å². The lowest BCUT2D eigenvalue weighted by molar-refractivity contribution is -0.139. The number of carboxylic acids is 1. The Morgan fingerprint density at radius 2 is 1.63 bits per heavy atom. The maximum Gasteiger partial charge on any atom is 0.321 e. The van der Waals surface area contributed by atoms with Crippen molar-refractivity contribution in [2.24, 2.45) is 0 Å². The number of benzene rings is 2. The number of hydrogen-bond donors (Lipinski definition) is 3. The maximum atomic E-state index is 13.0. The normalized spacial score (nSPS) is 19.2. The van der Waals surface area contributed by atoms with Gasteiger partial charge in [0.1, 0.15) is 6.04 Å². The first-order valence-electron chi connectivity index (χ1n) is 11.0. The van der Waals surface area contributed by atoms with Gasteiger partial charge in [-0.05, 0) is 42.5 Å². The van der Waals surface area contributed by atoms with E-state index in [2.05, 4.69) is 25.4 Å². The molecule has 35 heavy (non-hydrogen) atoms. The van der Waals surface area contributed by atoms with E-state index in [0.29, 0.717) is 12.8 Å². The van der Waals surface area contributed by atoms with Gasteiger partial charge in [0.25, 0.3) is 0 Å². The van der Waals surface area contributed by atoms with Crippen molar-refractivity contribution in [1.82, 2.24) is 9.44 Å². The predicted molar refractivity (Wildman–Crippen MR) is 139 cm³/mol. The quantitative estimate of drug-likeness (QED) is 0.259. The molecule has 0 spiro atoms. The molecule has 8 nitrogen and oxygen atoms in total. The van der Waals surface area contributed by atoms with Crippen molar-refractivity contribution in [1.29, 1.82) is 0 Å². The molecule has 0 aromatic heterocycles. The Balaban J connectivity index is 1.54. The van der Waals surface area contributed by atoms with Gasteiger partial charge < -0.3 is 5.11 Å². The largest absolute Gasteiger partial charge is 0.480 e. The minimum absolute atomic E-state index is 0.0134. The molecule has 1 aliphatic carbocycles. The summed E-state index contributed by atoms with van der Waals surface area (Å²) in [7, 11) is -7.74. The molecule has 2 aromatic rings. The minimum atomic E-state index is -4.09. The molecule has 2 aromatic carbocycles. The summed E-state index contributed by atoms with van der Waals surface area (Å²) in [6.45, 7) is 0.106. The number of aliphatic carboxylic acids is 1. The van der Waals surface area contributed by atoms with Crippen molar-refractivity contribution >= 4 is 47.5 Å². The average molecular weight is 584 g/mol. The fraction of sp³-hybridized carbons (Fsp3) is 0.292. The van der Waals surface area contributed by atoms with E-state index in [9.17, 15) is 26.7 Å². The summed E-state index contributed by atoms with van der Waals surface area (Å²) in [5, 5.41) is 9.56. The minimum Gasteiger partial charge on any atom is -0.480 e. The molecular formula is C24H27BrN2O6S2. The SMILES string of the molecule is O=C(O)C(CCCCNS(=O)(=O)c1ccccc1)NS(=O)(=O)C1(Br)C=CC(c2ccccc2)=CC1. The maximum absolute atomic E-state index is 13.0. The molecule has 11 heteroatoms. The van der Waals surface area contributed by atoms with E-state index in [0.717, 1.165) is 11.1 Å². The third kappa shape index (κ3) is 7.11. The Hall–Kier alpha value is -2.31. The lowest BCUT2D eigenvalue weighted by Crippen LogP contribution is -2.48. The zero-order valence-electron chi connectivity index (χ0n) is 18.8. The summed E-state index contributed by atoms with van der Waals surface area (Å²) >= 11 is 3.28. The Morgan fingerprint density at radius 3 is 2.20 bits per heavy atom. The van der Waals surface area contributed by atoms with Crippen molar-refractivity contribution in [2.75, 3.05) is 6.54 Å². The molecule has 188 valence electrons. The van der Waals surface area contributed by atoms with Crippen LogP contribution < -0.4 is 9.44 Å². The average Bonchev–Trinajstić information content (AvgIpc) is 2.84. The first kappa shape index (κ1) is 27.3. The van der Waals surface area contributed by atoms with E-state index < -0.39 is 35.7 Å². The number of rotatable bonds is 12. The standard InChI is InChI=1S/C24H27BrN2O6S2/c25-24(16-14-20(15-17-24)19-9-3-1-4-10-19)35(32,33)27-22(23(28)29)13-7-8-18-26-34(30,31)21-11-5-2-6-12-21/h1-6,9-12,14-16,22,26-27H,7-8,13,17-18H2,(H,28,29). The number of halogens is 1. The smallest absolute Gasteiger partial charge is 0.321 e. The zero-order valence-corrected chi connectivity index (χ0v) is 22.0. The van der Waals surface area contributed by atoms with Crippen LogP contribution in [0.1, 0.15) is 31.2 Å². The molecule has 0 heterocycles. The van der Waals surface area contributed by atoms with E-state index in [1.807, 2.05) is 30.3 Å². The molecule has 0 radical (unpaired) electrons. The third-order valence-corrected chi connectivity index (χ3v) is 10.7. The second kappa shape index (κ2) is 11.6. The van der Waals surface area contributed by atoms with Crippen LogP contribution in [0, 0.1) is 0 Å². The number of unbranched alkanes of at least 4 members (excludes halogenated alkanes) is 1. The van der Waals surface area contributed by atoms with E-state index in [4.69, 9.17) is 0 Å². The van der Waals surface area contributed by atoms with Gasteiger partial charge in [0.2, 0.25) is 20.0 Å². The molecule has 2 atom stereocenters. The second-order valence-electron chi connectivity index (χ2n) is 8.07. The summed E-state index contributed by atoms with van der Waals surface area (Å²) in [6.07, 6.45) is 5.78. The molecule has 2 unspecified atom stereocenters. The van der Waals surface area contributed by atoms with Crippen LogP contribution in [0.3, 0.4) is 0 Å². The number of allylic oxidation sites excluding steroid dienone is 3. The number of alkyl halides is 1. The number of sulfonamides is 2. The fourth-order valence-electron chi connectivity index (χ4n) is 3.52. The van der Waals surface area contributed by atoms with Crippen molar-refractivity contribution in [3.63, 3.8) is 0 Å². The molecule has 0 saturated carbocycles. The van der Waals surface area contributed by atoms with E-state index >= 15 is 0 Å². The van der Waals surface area contributed by atoms with Gasteiger partial charge in [-0.2, -0.15) is 4.72 Å². The van der Waals surface area contributed by atoms with E-state index in [1.54, 1.807) is 30.4 Å². The summed E-state index contributed by atoms with van der Waals surface area (Å²) in [5.74, 6) is -1.30. The third-order valence-electron chi connectivity index (χ3n) is 5.53. The predicted octanol–water partition coefficient (Wildman–Crippen LogP) is 3.64. The van der Waals surface area contributed by atoms with Crippen LogP contribution in [0.15, 0.2) is 83.8 Å². The van der Waals surface area contributed by atoms with Crippen LogP contribution in [-0.2, 0) is 24.8 Å². The van der Waals surface area contributed by atoms with Gasteiger partial charge in [0.05, 0.1) is 4.90 Å². The summed E-state index contributed by atoms with van der Waals surface area (Å²) in [6, 6.07) is 16.1. The molecule has 0 aliphatic heterocycles. The van der Waals surface area contributed by atoms with Crippen LogP contribution in [0.4, 0.5) is 0 Å². The molecular weight excluding hydrogens is 556 g/mol. The Kier molecular flexibility index (Phi) is 9.05. The summed E-state index contributed by atoms with van der Waals surface area (Å²) in [5.41, 5.74) is 1.83. The van der Waals surface area contributed by atoms with Crippen LogP contribution in [-0.4, -0.2) is 44.2 Å². The van der Waals surface area contributed by atoms with Gasteiger partial charge in [-0.15, -0.1) is 0 Å². The van der Waals surface area contributed by atoms with Gasteiger partial charge in [-0.3, -0.25) is 4.79 Å². The first-order valence-corrected chi connectivity index (χ1v) is 14.7. The fourth-order valence-corrected chi connectivity index (χ4v) is 6.53. The van der Waals surface area contributed by atoms with E-state index in [-0.39, 0.29) is 24.3 Å². The lowest BCUT2D eigenvalue weighted by Gasteiger charge is -2.28. The number of hydrogen-bond acceptors (Lipinski definition) is 5. The van der Waals surface area contributed by atoms with Crippen molar-refractivity contribution in [3.05, 3.63) is 84.5 Å². The van der Waals surface area contributed by atoms with Crippen LogP contribution in [0.5, 0.6) is 0 Å². The van der Waals surface area contributed by atoms with Gasteiger partial charge in [-0.25, -0.2) is 21.6 Å². The molecule has 3 rings (SSSR count). The van der Waals surface area contributed by atoms with Gasteiger partial charge in [-0.1, -0.05) is 82.7 Å². The highest BCUT2D eigenvalue weighted by Gasteiger charge is 2.41. The Bertz CT molecular complexity index is 1300. The number of nitrogens with one attached hydrogen (secondary N) is 2. The molecule has 0 amide bonds. The highest BCUT2D eigenvalue weighted by atomic mass is 79.9. The molecule has 0 bridgehead atoms. The molecule has 1 aliphatic rings. The number of carbonyl (C=O) groups is 1. The lowest BCUT2D eigenvalue weighted by atomic mass is 9.99. The zero-order chi connectivity index (χ0) is 25.5. The summed E-state index contributed by atoms with van der Waals surface area (Å²) < 4.78 is 53.9.